The van der Waals surface area contributed by atoms with E-state index in [1.54, 1.807) is 18.2 Å². The summed E-state index contributed by atoms with van der Waals surface area (Å²) in [5.41, 5.74) is 4.68. The highest BCUT2D eigenvalue weighted by atomic mass is 35.5. The first-order valence-electron chi connectivity index (χ1n) is 10.7. The van der Waals surface area contributed by atoms with Gasteiger partial charge in [-0.1, -0.05) is 50.2 Å². The summed E-state index contributed by atoms with van der Waals surface area (Å²) in [6, 6.07) is 10.9. The molecule has 5 nitrogen and oxygen atoms in total. The van der Waals surface area contributed by atoms with Crippen LogP contribution >= 0.6 is 11.6 Å². The summed E-state index contributed by atoms with van der Waals surface area (Å²) in [6.45, 7) is 8.43. The molecule has 1 aliphatic rings. The largest absolute Gasteiger partial charge is 0.481 e. The van der Waals surface area contributed by atoms with Crippen LogP contribution in [0, 0.1) is 0 Å². The van der Waals surface area contributed by atoms with Gasteiger partial charge in [-0.3, -0.25) is 4.79 Å². The van der Waals surface area contributed by atoms with E-state index in [1.165, 1.54) is 6.26 Å². The number of aliphatic carboxylic acids is 1. The minimum absolute atomic E-state index is 0.0479. The van der Waals surface area contributed by atoms with E-state index in [0.29, 0.717) is 11.6 Å². The molecular formula is C25H28ClNO4S. The molecule has 0 aliphatic heterocycles. The molecule has 170 valence electrons. The monoisotopic (exact) mass is 473 g/mol. The van der Waals surface area contributed by atoms with Crippen molar-refractivity contribution in [2.45, 2.75) is 50.5 Å². The maximum Gasteiger partial charge on any atom is 0.304 e. The predicted octanol–water partition coefficient (Wildman–Crippen LogP) is 5.92. The topological polar surface area (TPSA) is 76.4 Å². The highest BCUT2D eigenvalue weighted by Gasteiger charge is 2.32. The van der Waals surface area contributed by atoms with Crippen LogP contribution in [0.5, 0.6) is 0 Å². The third kappa shape index (κ3) is 4.62. The number of rotatable bonds is 6. The normalized spacial score (nSPS) is 15.2. The minimum atomic E-state index is -3.40. The Hall–Kier alpha value is -2.57. The lowest BCUT2D eigenvalue weighted by molar-refractivity contribution is -0.137. The molecule has 2 aromatic carbocycles. The van der Waals surface area contributed by atoms with Gasteiger partial charge in [0.2, 0.25) is 0 Å². The third-order valence-electron chi connectivity index (χ3n) is 5.76. The summed E-state index contributed by atoms with van der Waals surface area (Å²) in [5, 5.41) is 10.9. The lowest BCUT2D eigenvalue weighted by Crippen LogP contribution is -2.11. The SMILES string of the molecule is C=Cc1cc(S(C)(=O)=O)cc2c3c(n(Cc4ccc(Cl)cc4)c12)C(CC(=O)O)CC3.CC. The Labute approximate surface area is 194 Å². The number of carboxylic acids is 1. The second-order valence-electron chi connectivity index (χ2n) is 7.79. The molecule has 0 amide bonds. The van der Waals surface area contributed by atoms with Crippen LogP contribution in [0.1, 0.15) is 55.0 Å². The van der Waals surface area contributed by atoms with E-state index in [2.05, 4.69) is 11.1 Å². The number of carboxylic acid groups (broad SMARTS) is 1. The first-order chi connectivity index (χ1) is 15.2. The summed E-state index contributed by atoms with van der Waals surface area (Å²) in [4.78, 5) is 11.7. The van der Waals surface area contributed by atoms with Crippen LogP contribution in [-0.2, 0) is 27.6 Å². The van der Waals surface area contributed by atoms with E-state index in [1.807, 2.05) is 38.1 Å². The smallest absolute Gasteiger partial charge is 0.304 e. The van der Waals surface area contributed by atoms with E-state index in [4.69, 9.17) is 11.6 Å². The fourth-order valence-electron chi connectivity index (χ4n) is 4.48. The molecule has 1 N–H and O–H groups in total. The predicted molar refractivity (Wildman–Crippen MR) is 130 cm³/mol. The molecule has 0 saturated carbocycles. The maximum atomic E-state index is 12.3. The molecule has 32 heavy (non-hydrogen) atoms. The average Bonchev–Trinajstić information content (AvgIpc) is 3.29. The molecule has 4 rings (SSSR count). The minimum Gasteiger partial charge on any atom is -0.481 e. The van der Waals surface area contributed by atoms with Crippen LogP contribution in [0.25, 0.3) is 17.0 Å². The second kappa shape index (κ2) is 9.51. The molecule has 1 heterocycles. The van der Waals surface area contributed by atoms with Gasteiger partial charge in [0.05, 0.1) is 16.8 Å². The zero-order chi connectivity index (χ0) is 23.6. The number of carbonyl (C=O) groups is 1. The Morgan fingerprint density at radius 2 is 1.91 bits per heavy atom. The molecule has 0 spiro atoms. The molecule has 1 unspecified atom stereocenters. The van der Waals surface area contributed by atoms with E-state index in [0.717, 1.165) is 46.1 Å². The number of aromatic nitrogens is 1. The number of benzene rings is 2. The van der Waals surface area contributed by atoms with Gasteiger partial charge in [-0.05, 0) is 53.8 Å². The van der Waals surface area contributed by atoms with Crippen molar-refractivity contribution in [2.24, 2.45) is 0 Å². The highest BCUT2D eigenvalue weighted by Crippen LogP contribution is 2.44. The summed E-state index contributed by atoms with van der Waals surface area (Å²) in [6.07, 6.45) is 4.36. The van der Waals surface area contributed by atoms with Gasteiger partial charge in [0.15, 0.2) is 9.84 Å². The van der Waals surface area contributed by atoms with Gasteiger partial charge in [0, 0.05) is 34.8 Å². The van der Waals surface area contributed by atoms with Gasteiger partial charge in [-0.2, -0.15) is 0 Å². The summed E-state index contributed by atoms with van der Waals surface area (Å²) in [7, 11) is -3.40. The molecular weight excluding hydrogens is 446 g/mol. The molecule has 0 bridgehead atoms. The van der Waals surface area contributed by atoms with Crippen molar-refractivity contribution in [3.8, 4) is 0 Å². The Morgan fingerprint density at radius 1 is 1.25 bits per heavy atom. The third-order valence-corrected chi connectivity index (χ3v) is 7.10. The van der Waals surface area contributed by atoms with Crippen LogP contribution < -0.4 is 0 Å². The van der Waals surface area contributed by atoms with Crippen molar-refractivity contribution >= 4 is 44.4 Å². The highest BCUT2D eigenvalue weighted by molar-refractivity contribution is 7.90. The lowest BCUT2D eigenvalue weighted by atomic mass is 10.0. The van der Waals surface area contributed by atoms with Crippen molar-refractivity contribution in [3.05, 3.63) is 70.4 Å². The number of hydrogen-bond donors (Lipinski definition) is 1. The summed E-state index contributed by atoms with van der Waals surface area (Å²) in [5.74, 6) is -0.950. The fourth-order valence-corrected chi connectivity index (χ4v) is 5.28. The quantitative estimate of drug-likeness (QED) is 0.482. The first kappa shape index (κ1) is 24.1. The zero-order valence-corrected chi connectivity index (χ0v) is 20.1. The summed E-state index contributed by atoms with van der Waals surface area (Å²) >= 11 is 6.03. The van der Waals surface area contributed by atoms with Crippen LogP contribution in [0.2, 0.25) is 5.02 Å². The van der Waals surface area contributed by atoms with Crippen molar-refractivity contribution < 1.29 is 18.3 Å². The first-order valence-corrected chi connectivity index (χ1v) is 12.9. The zero-order valence-electron chi connectivity index (χ0n) is 18.6. The second-order valence-corrected chi connectivity index (χ2v) is 10.2. The number of hydrogen-bond acceptors (Lipinski definition) is 3. The Bertz CT molecular complexity index is 1270. The van der Waals surface area contributed by atoms with Gasteiger partial charge in [-0.15, -0.1) is 0 Å². The van der Waals surface area contributed by atoms with Gasteiger partial charge in [0.25, 0.3) is 0 Å². The van der Waals surface area contributed by atoms with Crippen LogP contribution in [-0.4, -0.2) is 30.3 Å². The van der Waals surface area contributed by atoms with Crippen LogP contribution in [0.3, 0.4) is 0 Å². The number of fused-ring (bicyclic) bond motifs is 3. The number of sulfone groups is 1. The number of aryl methyl sites for hydroxylation is 1. The molecule has 1 aliphatic carbocycles. The molecule has 0 radical (unpaired) electrons. The summed E-state index contributed by atoms with van der Waals surface area (Å²) < 4.78 is 26.6. The van der Waals surface area contributed by atoms with Crippen molar-refractivity contribution in [3.63, 3.8) is 0 Å². The molecule has 3 aromatic rings. The molecule has 0 saturated heterocycles. The van der Waals surface area contributed by atoms with Crippen molar-refractivity contribution in [1.29, 1.82) is 0 Å². The van der Waals surface area contributed by atoms with E-state index < -0.39 is 15.8 Å². The van der Waals surface area contributed by atoms with Gasteiger partial charge in [-0.25, -0.2) is 8.42 Å². The van der Waals surface area contributed by atoms with E-state index in [-0.39, 0.29) is 17.2 Å². The Balaban J connectivity index is 0.00000141. The fraction of sp³-hybridized carbons (Fsp3) is 0.320. The Kier molecular flexibility index (Phi) is 7.16. The molecule has 1 atom stereocenters. The van der Waals surface area contributed by atoms with Crippen LogP contribution in [0.4, 0.5) is 0 Å². The maximum absolute atomic E-state index is 12.3. The van der Waals surface area contributed by atoms with Gasteiger partial charge in [0.1, 0.15) is 0 Å². The standard InChI is InChI=1S/C23H22ClNO4S.C2H6/c1-3-15-10-18(30(2,28)29)12-20-19-9-6-16(11-21(26)27)23(19)25(22(15)20)13-14-4-7-17(24)8-5-14;1-2/h3-5,7-8,10,12,16H,1,6,9,11,13H2,2H3,(H,26,27);1-2H3. The van der Waals surface area contributed by atoms with Crippen LogP contribution in [0.15, 0.2) is 47.9 Å². The molecule has 0 fully saturated rings. The van der Waals surface area contributed by atoms with Crippen molar-refractivity contribution in [2.75, 3.05) is 6.26 Å². The molecule has 1 aromatic heterocycles. The molecule has 7 heteroatoms. The lowest BCUT2D eigenvalue weighted by Gasteiger charge is -2.17. The van der Waals surface area contributed by atoms with E-state index in [9.17, 15) is 18.3 Å². The average molecular weight is 474 g/mol. The van der Waals surface area contributed by atoms with Gasteiger partial charge >= 0.3 is 5.97 Å². The van der Waals surface area contributed by atoms with E-state index >= 15 is 0 Å². The van der Waals surface area contributed by atoms with Crippen molar-refractivity contribution in [1.82, 2.24) is 4.57 Å². The number of nitrogens with zero attached hydrogens (tertiary/aromatic N) is 1. The van der Waals surface area contributed by atoms with Gasteiger partial charge < -0.3 is 9.67 Å². The Morgan fingerprint density at radius 3 is 2.47 bits per heavy atom. The number of halogens is 1.